The van der Waals surface area contributed by atoms with Crippen molar-refractivity contribution >= 4 is 28.4 Å². The molecule has 0 amide bonds. The first kappa shape index (κ1) is 12.0. The Bertz CT molecular complexity index is 709. The van der Waals surface area contributed by atoms with Gasteiger partial charge < -0.3 is 0 Å². The second-order valence-corrected chi connectivity index (χ2v) is 5.58. The molecule has 0 saturated carbocycles. The Morgan fingerprint density at radius 1 is 1.11 bits per heavy atom. The lowest BCUT2D eigenvalue weighted by Crippen LogP contribution is -1.97. The van der Waals surface area contributed by atoms with Crippen LogP contribution in [0.15, 0.2) is 30.3 Å². The van der Waals surface area contributed by atoms with Crippen LogP contribution in [-0.4, -0.2) is 19.8 Å². The molecular formula is C14H14N4S. The zero-order chi connectivity index (χ0) is 13.2. The normalized spacial score (nSPS) is 11.9. The number of rotatable bonds is 3. The molecule has 0 spiro atoms. The topological polar surface area (TPSA) is 43.1 Å². The van der Waals surface area contributed by atoms with E-state index in [1.165, 1.54) is 0 Å². The summed E-state index contributed by atoms with van der Waals surface area (Å²) in [6.45, 7) is 4.19. The van der Waals surface area contributed by atoms with Gasteiger partial charge in [0.1, 0.15) is 5.01 Å². The minimum Gasteiger partial charge on any atom is -0.187 e. The van der Waals surface area contributed by atoms with Crippen LogP contribution < -0.4 is 0 Å². The van der Waals surface area contributed by atoms with Gasteiger partial charge in [-0.3, -0.25) is 0 Å². The zero-order valence-corrected chi connectivity index (χ0v) is 11.6. The smallest absolute Gasteiger partial charge is 0.187 e. The van der Waals surface area contributed by atoms with Gasteiger partial charge in [-0.15, -0.1) is 10.2 Å². The standard InChI is InChI=1S/C14H14N4S/c1-10(2)13-15-16-14-18(13)17-12(19-14)9-8-11-6-4-3-5-7-11/h3-10H,1-2H3/b9-8+. The Balaban J connectivity index is 1.92. The van der Waals surface area contributed by atoms with E-state index in [-0.39, 0.29) is 0 Å². The van der Waals surface area contributed by atoms with Gasteiger partial charge in [-0.1, -0.05) is 61.6 Å². The Morgan fingerprint density at radius 2 is 1.89 bits per heavy atom. The van der Waals surface area contributed by atoms with Crippen LogP contribution in [0.2, 0.25) is 0 Å². The van der Waals surface area contributed by atoms with Crippen molar-refractivity contribution in [3.05, 3.63) is 46.7 Å². The maximum Gasteiger partial charge on any atom is 0.234 e. The summed E-state index contributed by atoms with van der Waals surface area (Å²) in [5.41, 5.74) is 1.16. The minimum atomic E-state index is 0.322. The van der Waals surface area contributed by atoms with E-state index in [1.807, 2.05) is 28.8 Å². The van der Waals surface area contributed by atoms with Crippen LogP contribution in [0.1, 0.15) is 36.2 Å². The fourth-order valence-corrected chi connectivity index (χ4v) is 2.55. The molecule has 4 nitrogen and oxygen atoms in total. The molecule has 0 saturated heterocycles. The molecule has 96 valence electrons. The number of benzene rings is 1. The van der Waals surface area contributed by atoms with Gasteiger partial charge in [0.2, 0.25) is 4.96 Å². The average molecular weight is 270 g/mol. The van der Waals surface area contributed by atoms with Gasteiger partial charge >= 0.3 is 0 Å². The summed E-state index contributed by atoms with van der Waals surface area (Å²) >= 11 is 1.55. The predicted molar refractivity (Wildman–Crippen MR) is 78.1 cm³/mol. The van der Waals surface area contributed by atoms with Crippen LogP contribution in [0.3, 0.4) is 0 Å². The molecule has 1 aromatic carbocycles. The SMILES string of the molecule is CC(C)c1nnc2sc(/C=C/c3ccccc3)nn12. The number of fused-ring (bicyclic) bond motifs is 1. The molecule has 3 aromatic rings. The Kier molecular flexibility index (Phi) is 3.13. The van der Waals surface area contributed by atoms with Gasteiger partial charge in [-0.25, -0.2) is 0 Å². The van der Waals surface area contributed by atoms with Crippen molar-refractivity contribution in [3.63, 3.8) is 0 Å². The summed E-state index contributed by atoms with van der Waals surface area (Å²) < 4.78 is 1.83. The van der Waals surface area contributed by atoms with E-state index in [0.717, 1.165) is 21.4 Å². The third-order valence-corrected chi connectivity index (χ3v) is 3.63. The first-order valence-corrected chi connectivity index (χ1v) is 7.01. The molecule has 3 rings (SSSR count). The highest BCUT2D eigenvalue weighted by Gasteiger charge is 2.12. The highest BCUT2D eigenvalue weighted by atomic mass is 32.1. The molecule has 2 heterocycles. The Hall–Kier alpha value is -2.01. The van der Waals surface area contributed by atoms with Crippen molar-refractivity contribution in [2.75, 3.05) is 0 Å². The van der Waals surface area contributed by atoms with E-state index < -0.39 is 0 Å². The van der Waals surface area contributed by atoms with E-state index in [4.69, 9.17) is 0 Å². The molecule has 19 heavy (non-hydrogen) atoms. The minimum absolute atomic E-state index is 0.322. The van der Waals surface area contributed by atoms with E-state index >= 15 is 0 Å². The predicted octanol–water partition coefficient (Wildman–Crippen LogP) is 3.48. The van der Waals surface area contributed by atoms with Gasteiger partial charge in [0.25, 0.3) is 0 Å². The van der Waals surface area contributed by atoms with Crippen LogP contribution >= 0.6 is 11.3 Å². The fraction of sp³-hybridized carbons (Fsp3) is 0.214. The van der Waals surface area contributed by atoms with Crippen LogP contribution in [0.5, 0.6) is 0 Å². The number of hydrogen-bond donors (Lipinski definition) is 0. The van der Waals surface area contributed by atoms with E-state index in [9.17, 15) is 0 Å². The summed E-state index contributed by atoms with van der Waals surface area (Å²) in [6, 6.07) is 10.2. The lowest BCUT2D eigenvalue weighted by Gasteiger charge is -1.97. The van der Waals surface area contributed by atoms with Crippen LogP contribution in [0.4, 0.5) is 0 Å². The molecule has 0 radical (unpaired) electrons. The first-order valence-electron chi connectivity index (χ1n) is 6.19. The Labute approximate surface area is 115 Å². The third-order valence-electron chi connectivity index (χ3n) is 2.76. The van der Waals surface area contributed by atoms with Crippen molar-refractivity contribution < 1.29 is 0 Å². The molecule has 0 unspecified atom stereocenters. The fourth-order valence-electron chi connectivity index (χ4n) is 1.81. The van der Waals surface area contributed by atoms with E-state index in [1.54, 1.807) is 11.3 Å². The van der Waals surface area contributed by atoms with E-state index in [0.29, 0.717) is 5.92 Å². The summed E-state index contributed by atoms with van der Waals surface area (Å²) in [7, 11) is 0. The monoisotopic (exact) mass is 270 g/mol. The third kappa shape index (κ3) is 2.42. The van der Waals surface area contributed by atoms with Crippen molar-refractivity contribution in [1.29, 1.82) is 0 Å². The molecule has 0 aliphatic heterocycles. The van der Waals surface area contributed by atoms with Gasteiger partial charge in [-0.05, 0) is 11.6 Å². The lowest BCUT2D eigenvalue weighted by atomic mass is 10.2. The molecule has 0 aliphatic carbocycles. The largest absolute Gasteiger partial charge is 0.234 e. The Morgan fingerprint density at radius 3 is 2.63 bits per heavy atom. The molecule has 0 N–H and O–H groups in total. The molecule has 5 heteroatoms. The molecule has 0 fully saturated rings. The van der Waals surface area contributed by atoms with Crippen LogP contribution in [-0.2, 0) is 0 Å². The molecule has 0 atom stereocenters. The molecule has 0 bridgehead atoms. The van der Waals surface area contributed by atoms with Crippen molar-refractivity contribution in [3.8, 4) is 0 Å². The quantitative estimate of drug-likeness (QED) is 0.731. The summed E-state index contributed by atoms with van der Waals surface area (Å²) in [4.78, 5) is 0.844. The van der Waals surface area contributed by atoms with Crippen molar-refractivity contribution in [1.82, 2.24) is 19.8 Å². The molecule has 2 aromatic heterocycles. The summed E-state index contributed by atoms with van der Waals surface area (Å²) in [5.74, 6) is 1.23. The van der Waals surface area contributed by atoms with Crippen molar-refractivity contribution in [2.24, 2.45) is 0 Å². The number of hydrogen-bond acceptors (Lipinski definition) is 4. The maximum atomic E-state index is 4.53. The highest BCUT2D eigenvalue weighted by molar-refractivity contribution is 7.17. The molecule has 0 aliphatic rings. The van der Waals surface area contributed by atoms with Crippen molar-refractivity contribution in [2.45, 2.75) is 19.8 Å². The van der Waals surface area contributed by atoms with Gasteiger partial charge in [0.15, 0.2) is 5.82 Å². The maximum absolute atomic E-state index is 4.53. The second-order valence-electron chi connectivity index (χ2n) is 4.59. The first-order chi connectivity index (χ1) is 9.24. The number of nitrogens with zero attached hydrogens (tertiary/aromatic N) is 4. The van der Waals surface area contributed by atoms with Crippen LogP contribution in [0.25, 0.3) is 17.1 Å². The lowest BCUT2D eigenvalue weighted by molar-refractivity contribution is 0.724. The van der Waals surface area contributed by atoms with Gasteiger partial charge in [-0.2, -0.15) is 9.61 Å². The van der Waals surface area contributed by atoms with Gasteiger partial charge in [0.05, 0.1) is 0 Å². The summed E-state index contributed by atoms with van der Waals surface area (Å²) in [5, 5.41) is 13.8. The van der Waals surface area contributed by atoms with Gasteiger partial charge in [0, 0.05) is 5.92 Å². The second kappa shape index (κ2) is 4.93. The molecular weight excluding hydrogens is 256 g/mol. The summed E-state index contributed by atoms with van der Waals surface area (Å²) in [6.07, 6.45) is 4.07. The number of aromatic nitrogens is 4. The average Bonchev–Trinajstić information content (AvgIpc) is 2.96. The zero-order valence-electron chi connectivity index (χ0n) is 10.8. The van der Waals surface area contributed by atoms with E-state index in [2.05, 4.69) is 47.4 Å². The van der Waals surface area contributed by atoms with Crippen LogP contribution in [0, 0.1) is 0 Å². The highest BCUT2D eigenvalue weighted by Crippen LogP contribution is 2.20.